The smallest absolute Gasteiger partial charge is 0.291 e. The van der Waals surface area contributed by atoms with E-state index in [4.69, 9.17) is 16.0 Å². The Hall–Kier alpha value is -2.88. The van der Waals surface area contributed by atoms with Gasteiger partial charge in [0.05, 0.1) is 4.90 Å². The summed E-state index contributed by atoms with van der Waals surface area (Å²) < 4.78 is 32.9. The average molecular weight is 462 g/mol. The number of hydrogen-bond donors (Lipinski definition) is 2. The van der Waals surface area contributed by atoms with Gasteiger partial charge in [0.15, 0.2) is 10.9 Å². The van der Waals surface area contributed by atoms with Crippen LogP contribution in [-0.4, -0.2) is 19.3 Å². The molecule has 4 aromatic rings. The van der Waals surface area contributed by atoms with E-state index in [1.165, 1.54) is 41.8 Å². The SMILES string of the molecule is Cc1cc2oc(C(=O)Nc3ccc(S(=O)(=O)Nc4nccs4)cc3)c(C)c2cc1Cl. The van der Waals surface area contributed by atoms with Crippen LogP contribution in [0.15, 0.2) is 57.3 Å². The summed E-state index contributed by atoms with van der Waals surface area (Å²) in [6.07, 6.45) is 1.51. The summed E-state index contributed by atoms with van der Waals surface area (Å²) in [4.78, 5) is 16.7. The third-order valence-electron chi connectivity index (χ3n) is 4.50. The average Bonchev–Trinajstić information content (AvgIpc) is 3.31. The highest BCUT2D eigenvalue weighted by molar-refractivity contribution is 7.93. The third-order valence-corrected chi connectivity index (χ3v) is 7.08. The topological polar surface area (TPSA) is 101 Å². The van der Waals surface area contributed by atoms with Crippen molar-refractivity contribution >= 4 is 60.7 Å². The minimum absolute atomic E-state index is 0.0562. The number of carbonyl (C=O) groups excluding carboxylic acids is 1. The maximum absolute atomic E-state index is 12.7. The van der Waals surface area contributed by atoms with Crippen molar-refractivity contribution in [2.45, 2.75) is 18.7 Å². The second kappa shape index (κ2) is 7.75. The van der Waals surface area contributed by atoms with Crippen LogP contribution in [0.1, 0.15) is 21.7 Å². The van der Waals surface area contributed by atoms with Gasteiger partial charge in [-0.15, -0.1) is 11.3 Å². The number of sulfonamides is 1. The molecule has 0 unspecified atom stereocenters. The molecular weight excluding hydrogens is 446 g/mol. The first-order chi connectivity index (χ1) is 14.2. The molecule has 2 heterocycles. The lowest BCUT2D eigenvalue weighted by Gasteiger charge is -2.07. The number of benzene rings is 2. The predicted molar refractivity (Wildman–Crippen MR) is 118 cm³/mol. The molecule has 2 aromatic carbocycles. The van der Waals surface area contributed by atoms with E-state index in [1.807, 2.05) is 6.92 Å². The maximum atomic E-state index is 12.7. The van der Waals surface area contributed by atoms with E-state index in [1.54, 1.807) is 24.4 Å². The number of hydrogen-bond acceptors (Lipinski definition) is 6. The molecule has 0 spiro atoms. The fraction of sp³-hybridized carbons (Fsp3) is 0.100. The first-order valence-electron chi connectivity index (χ1n) is 8.77. The molecular formula is C20H16ClN3O4S2. The zero-order valence-electron chi connectivity index (χ0n) is 15.9. The van der Waals surface area contributed by atoms with E-state index in [9.17, 15) is 13.2 Å². The number of furan rings is 1. The van der Waals surface area contributed by atoms with Gasteiger partial charge >= 0.3 is 0 Å². The number of aryl methyl sites for hydroxylation is 2. The first-order valence-corrected chi connectivity index (χ1v) is 11.5. The van der Waals surface area contributed by atoms with Crippen molar-refractivity contribution in [2.75, 3.05) is 10.0 Å². The van der Waals surface area contributed by atoms with Crippen LogP contribution in [-0.2, 0) is 10.0 Å². The van der Waals surface area contributed by atoms with Gasteiger partial charge < -0.3 is 9.73 Å². The fourth-order valence-corrected chi connectivity index (χ4v) is 4.86. The third kappa shape index (κ3) is 3.91. The van der Waals surface area contributed by atoms with Crippen LogP contribution in [0.25, 0.3) is 11.0 Å². The zero-order chi connectivity index (χ0) is 21.5. The summed E-state index contributed by atoms with van der Waals surface area (Å²) in [5.74, 6) is -0.261. The Morgan fingerprint density at radius 3 is 2.57 bits per heavy atom. The van der Waals surface area contributed by atoms with Gasteiger partial charge in [-0.3, -0.25) is 9.52 Å². The quantitative estimate of drug-likeness (QED) is 0.424. The number of amides is 1. The largest absolute Gasteiger partial charge is 0.451 e. The molecule has 0 fully saturated rings. The van der Waals surface area contributed by atoms with E-state index < -0.39 is 15.9 Å². The summed E-state index contributed by atoms with van der Waals surface area (Å²) >= 11 is 7.36. The molecule has 2 N–H and O–H groups in total. The molecule has 0 radical (unpaired) electrons. The lowest BCUT2D eigenvalue weighted by Crippen LogP contribution is -2.14. The number of nitrogens with one attached hydrogen (secondary N) is 2. The maximum Gasteiger partial charge on any atom is 0.291 e. The van der Waals surface area contributed by atoms with E-state index >= 15 is 0 Å². The second-order valence-electron chi connectivity index (χ2n) is 6.57. The van der Waals surface area contributed by atoms with Crippen molar-refractivity contribution in [3.63, 3.8) is 0 Å². The molecule has 0 saturated heterocycles. The Morgan fingerprint density at radius 1 is 1.17 bits per heavy atom. The molecule has 0 aliphatic heterocycles. The molecule has 0 saturated carbocycles. The summed E-state index contributed by atoms with van der Waals surface area (Å²) in [6.45, 7) is 3.64. The van der Waals surface area contributed by atoms with Crippen molar-refractivity contribution in [1.82, 2.24) is 4.98 Å². The van der Waals surface area contributed by atoms with E-state index in [-0.39, 0.29) is 15.8 Å². The monoisotopic (exact) mass is 461 g/mol. The Bertz CT molecular complexity index is 1350. The van der Waals surface area contributed by atoms with E-state index in [2.05, 4.69) is 15.0 Å². The summed E-state index contributed by atoms with van der Waals surface area (Å²) in [5, 5.41) is 6.04. The van der Waals surface area contributed by atoms with Gasteiger partial charge in [-0.1, -0.05) is 11.6 Å². The zero-order valence-corrected chi connectivity index (χ0v) is 18.3. The second-order valence-corrected chi connectivity index (χ2v) is 9.56. The lowest BCUT2D eigenvalue weighted by atomic mass is 10.1. The van der Waals surface area contributed by atoms with Crippen LogP contribution in [0, 0.1) is 13.8 Å². The Balaban J connectivity index is 1.54. The van der Waals surface area contributed by atoms with Gasteiger partial charge in [-0.25, -0.2) is 13.4 Å². The van der Waals surface area contributed by atoms with Crippen LogP contribution in [0.5, 0.6) is 0 Å². The minimum Gasteiger partial charge on any atom is -0.451 e. The molecule has 2 aromatic heterocycles. The van der Waals surface area contributed by atoms with Crippen molar-refractivity contribution in [3.05, 3.63) is 69.9 Å². The van der Waals surface area contributed by atoms with Crippen molar-refractivity contribution < 1.29 is 17.6 Å². The Labute approximate surface area is 181 Å². The van der Waals surface area contributed by atoms with Crippen LogP contribution >= 0.6 is 22.9 Å². The molecule has 4 rings (SSSR count). The van der Waals surface area contributed by atoms with E-state index in [0.717, 1.165) is 10.9 Å². The molecule has 0 atom stereocenters. The van der Waals surface area contributed by atoms with Gasteiger partial charge in [0.25, 0.3) is 15.9 Å². The molecule has 1 amide bonds. The van der Waals surface area contributed by atoms with E-state index in [0.29, 0.717) is 21.9 Å². The molecule has 0 aliphatic carbocycles. The number of thiazole rings is 1. The van der Waals surface area contributed by atoms with Crippen molar-refractivity contribution in [2.24, 2.45) is 0 Å². The molecule has 7 nitrogen and oxygen atoms in total. The number of halogens is 1. The lowest BCUT2D eigenvalue weighted by molar-refractivity contribution is 0.0998. The number of anilines is 2. The highest BCUT2D eigenvalue weighted by Gasteiger charge is 2.20. The highest BCUT2D eigenvalue weighted by Crippen LogP contribution is 2.30. The predicted octanol–water partition coefficient (Wildman–Crippen LogP) is 5.21. The van der Waals surface area contributed by atoms with Gasteiger partial charge in [0, 0.05) is 33.2 Å². The fourth-order valence-electron chi connectivity index (χ4n) is 2.91. The van der Waals surface area contributed by atoms with Crippen molar-refractivity contribution in [1.29, 1.82) is 0 Å². The summed E-state index contributed by atoms with van der Waals surface area (Å²) in [5.41, 5.74) is 2.54. The molecule has 0 aliphatic rings. The number of carbonyl (C=O) groups is 1. The summed E-state index contributed by atoms with van der Waals surface area (Å²) in [6, 6.07) is 9.38. The normalized spacial score (nSPS) is 11.6. The standard InChI is InChI=1S/C20H16ClN3O4S2/c1-11-9-17-15(10-16(11)21)12(2)18(28-17)19(25)23-13-3-5-14(6-4-13)30(26,27)24-20-22-7-8-29-20/h3-10H,1-2H3,(H,22,24)(H,23,25). The van der Waals surface area contributed by atoms with Crippen LogP contribution in [0.4, 0.5) is 10.8 Å². The van der Waals surface area contributed by atoms with Crippen LogP contribution < -0.4 is 10.0 Å². The molecule has 0 bridgehead atoms. The molecule has 10 heteroatoms. The molecule has 30 heavy (non-hydrogen) atoms. The Kier molecular flexibility index (Phi) is 5.27. The number of nitrogens with zero attached hydrogens (tertiary/aromatic N) is 1. The first kappa shape index (κ1) is 20.4. The highest BCUT2D eigenvalue weighted by atomic mass is 35.5. The number of fused-ring (bicyclic) bond motifs is 1. The number of aromatic nitrogens is 1. The minimum atomic E-state index is -3.76. The van der Waals surface area contributed by atoms with Crippen LogP contribution in [0.2, 0.25) is 5.02 Å². The van der Waals surface area contributed by atoms with Gasteiger partial charge in [0.1, 0.15) is 5.58 Å². The number of rotatable bonds is 5. The van der Waals surface area contributed by atoms with Gasteiger partial charge in [-0.2, -0.15) is 0 Å². The van der Waals surface area contributed by atoms with Gasteiger partial charge in [0.2, 0.25) is 0 Å². The van der Waals surface area contributed by atoms with Crippen molar-refractivity contribution in [3.8, 4) is 0 Å². The Morgan fingerprint density at radius 2 is 1.90 bits per heavy atom. The summed E-state index contributed by atoms with van der Waals surface area (Å²) in [7, 11) is -3.76. The van der Waals surface area contributed by atoms with Crippen LogP contribution in [0.3, 0.4) is 0 Å². The van der Waals surface area contributed by atoms with Gasteiger partial charge in [-0.05, 0) is 55.8 Å². The molecule has 154 valence electrons.